The quantitative estimate of drug-likeness (QED) is 0.223. The van der Waals surface area contributed by atoms with Crippen LogP contribution in [0, 0.1) is 0 Å². The van der Waals surface area contributed by atoms with Crippen LogP contribution < -0.4 is 10.6 Å². The summed E-state index contributed by atoms with van der Waals surface area (Å²) >= 11 is 0. The number of nitrogens with one attached hydrogen (secondary N) is 2. The van der Waals surface area contributed by atoms with Crippen LogP contribution in [0.3, 0.4) is 0 Å². The Morgan fingerprint density at radius 3 is 2.69 bits per heavy atom. The highest BCUT2D eigenvalue weighted by Gasteiger charge is 2.48. The maximum atomic E-state index is 12.5. The first-order valence-electron chi connectivity index (χ1n) is 15.1. The van der Waals surface area contributed by atoms with Crippen molar-refractivity contribution in [1.29, 1.82) is 0 Å². The molecule has 4 aromatic rings. The predicted octanol–water partition coefficient (Wildman–Crippen LogP) is 1.82. The van der Waals surface area contributed by atoms with E-state index in [2.05, 4.69) is 65.5 Å². The molecule has 1 saturated carbocycles. The Labute approximate surface area is 243 Å². The van der Waals surface area contributed by atoms with Crippen molar-refractivity contribution in [2.45, 2.75) is 75.7 Å². The monoisotopic (exact) mass is 574 g/mol. The minimum absolute atomic E-state index is 0.121. The van der Waals surface area contributed by atoms with Gasteiger partial charge in [-0.3, -0.25) is 9.36 Å². The number of carbonyl (C=O) groups is 1. The van der Waals surface area contributed by atoms with E-state index in [4.69, 9.17) is 4.74 Å². The lowest BCUT2D eigenvalue weighted by atomic mass is 10.1. The number of para-hydroxylation sites is 1. The molecule has 0 unspecified atom stereocenters. The Hall–Kier alpha value is -3.58. The van der Waals surface area contributed by atoms with Crippen molar-refractivity contribution in [2.24, 2.45) is 0 Å². The Kier molecular flexibility index (Phi) is 7.53. The number of aliphatic hydroxyl groups is 2. The smallest absolute Gasteiger partial charge is 0.252 e. The molecule has 3 aliphatic rings. The summed E-state index contributed by atoms with van der Waals surface area (Å²) in [6.45, 7) is 5.08. The average Bonchev–Trinajstić information content (AvgIpc) is 3.49. The molecule has 4 atom stereocenters. The van der Waals surface area contributed by atoms with Gasteiger partial charge in [-0.1, -0.05) is 24.6 Å². The molecule has 1 aromatic carbocycles. The molecule has 12 heteroatoms. The van der Waals surface area contributed by atoms with Crippen molar-refractivity contribution in [2.75, 3.05) is 31.5 Å². The second-order valence-electron chi connectivity index (χ2n) is 11.7. The third kappa shape index (κ3) is 5.35. The Morgan fingerprint density at radius 1 is 1.02 bits per heavy atom. The van der Waals surface area contributed by atoms with Crippen LogP contribution in [0.15, 0.2) is 43.1 Å². The molecule has 1 amide bonds. The van der Waals surface area contributed by atoms with Gasteiger partial charge in [0.15, 0.2) is 29.3 Å². The van der Waals surface area contributed by atoms with Gasteiger partial charge in [0, 0.05) is 42.8 Å². The molecule has 4 N–H and O–H groups in total. The number of hydrogen-bond acceptors (Lipinski definition) is 9. The maximum absolute atomic E-state index is 12.5. The second kappa shape index (κ2) is 11.6. The summed E-state index contributed by atoms with van der Waals surface area (Å²) in [6, 6.07) is 8.69. The Morgan fingerprint density at radius 2 is 1.86 bits per heavy atom. The van der Waals surface area contributed by atoms with Crippen molar-refractivity contribution in [3.8, 4) is 0 Å². The average molecular weight is 575 g/mol. The molecule has 0 spiro atoms. The lowest BCUT2D eigenvalue weighted by Crippen LogP contribution is -2.43. The summed E-state index contributed by atoms with van der Waals surface area (Å²) in [6.07, 6.45) is 6.97. The molecule has 2 aliphatic heterocycles. The number of rotatable bonds is 10. The van der Waals surface area contributed by atoms with Crippen molar-refractivity contribution < 1.29 is 19.7 Å². The largest absolute Gasteiger partial charge is 0.387 e. The van der Waals surface area contributed by atoms with Gasteiger partial charge in [0.2, 0.25) is 0 Å². The number of ether oxygens (including phenoxy) is 1. The van der Waals surface area contributed by atoms with E-state index in [1.165, 1.54) is 61.5 Å². The number of benzene rings is 1. The zero-order valence-corrected chi connectivity index (χ0v) is 23.6. The predicted molar refractivity (Wildman–Crippen MR) is 157 cm³/mol. The molecule has 5 heterocycles. The van der Waals surface area contributed by atoms with Gasteiger partial charge in [-0.25, -0.2) is 15.0 Å². The van der Waals surface area contributed by atoms with Gasteiger partial charge in [-0.15, -0.1) is 0 Å². The van der Waals surface area contributed by atoms with Gasteiger partial charge in [0.1, 0.15) is 18.5 Å². The van der Waals surface area contributed by atoms with Crippen LogP contribution in [0.4, 0.5) is 5.82 Å². The van der Waals surface area contributed by atoms with Crippen LogP contribution in [0.5, 0.6) is 0 Å². The Bertz CT molecular complexity index is 1560. The highest BCUT2D eigenvalue weighted by Crippen LogP contribution is 2.33. The van der Waals surface area contributed by atoms with Crippen LogP contribution in [0.2, 0.25) is 0 Å². The minimum Gasteiger partial charge on any atom is -0.387 e. The molecule has 3 fully saturated rings. The van der Waals surface area contributed by atoms with Gasteiger partial charge < -0.3 is 35.1 Å². The molecule has 0 bridgehead atoms. The van der Waals surface area contributed by atoms with Crippen molar-refractivity contribution in [3.05, 3.63) is 48.7 Å². The first-order valence-corrected chi connectivity index (χ1v) is 15.1. The standard InChI is InChI=1S/C30H38N8O4/c39-24-25(40)30(42-26(24)29(41)35-20-8-9-20)38-18-34-23-27(32-17-33-28(23)38)31-11-10-19-16-37(22-7-3-2-6-21(19)22)15-14-36-12-4-1-5-13-36/h2-3,6-7,16-18,20,24-26,30,39-40H,1,4-5,8-15H2,(H,35,41)(H,31,32,33)/t24-,25+,26-,30+/m0/s1. The lowest BCUT2D eigenvalue weighted by molar-refractivity contribution is -0.137. The topological polar surface area (TPSA) is 143 Å². The number of fused-ring (bicyclic) bond motifs is 2. The number of aliphatic hydroxyl groups excluding tert-OH is 2. The van der Waals surface area contributed by atoms with Gasteiger partial charge >= 0.3 is 0 Å². The Balaban J connectivity index is 1.03. The zero-order valence-electron chi connectivity index (χ0n) is 23.6. The molecule has 1 aliphatic carbocycles. The molecule has 7 rings (SSSR count). The number of imidazole rings is 1. The summed E-state index contributed by atoms with van der Waals surface area (Å²) in [5, 5.41) is 28.8. The van der Waals surface area contributed by atoms with E-state index in [9.17, 15) is 15.0 Å². The van der Waals surface area contributed by atoms with Gasteiger partial charge in [0.05, 0.1) is 6.33 Å². The number of amides is 1. The number of anilines is 1. The summed E-state index contributed by atoms with van der Waals surface area (Å²) in [5.41, 5.74) is 3.51. The van der Waals surface area contributed by atoms with Crippen LogP contribution >= 0.6 is 0 Å². The molecular weight excluding hydrogens is 536 g/mol. The van der Waals surface area contributed by atoms with E-state index in [1.807, 2.05) is 0 Å². The summed E-state index contributed by atoms with van der Waals surface area (Å²) in [7, 11) is 0. The first-order chi connectivity index (χ1) is 20.6. The van der Waals surface area contributed by atoms with Gasteiger partial charge in [-0.05, 0) is 56.8 Å². The van der Waals surface area contributed by atoms with Crippen molar-refractivity contribution in [3.63, 3.8) is 0 Å². The van der Waals surface area contributed by atoms with Crippen molar-refractivity contribution >= 4 is 33.8 Å². The first kappa shape index (κ1) is 27.3. The maximum Gasteiger partial charge on any atom is 0.252 e. The highest BCUT2D eigenvalue weighted by atomic mass is 16.6. The van der Waals surface area contributed by atoms with Crippen LogP contribution in [0.1, 0.15) is 43.9 Å². The molecule has 3 aromatic heterocycles. The van der Waals surface area contributed by atoms with Crippen LogP contribution in [0.25, 0.3) is 22.1 Å². The number of carbonyl (C=O) groups excluding carboxylic acids is 1. The van der Waals surface area contributed by atoms with E-state index >= 15 is 0 Å². The molecule has 2 saturated heterocycles. The lowest BCUT2D eigenvalue weighted by Gasteiger charge is -2.26. The number of nitrogens with zero attached hydrogens (tertiary/aromatic N) is 6. The zero-order chi connectivity index (χ0) is 28.6. The fourth-order valence-corrected chi connectivity index (χ4v) is 6.24. The second-order valence-corrected chi connectivity index (χ2v) is 11.7. The molecule has 222 valence electrons. The van der Waals surface area contributed by atoms with E-state index in [1.54, 1.807) is 4.57 Å². The molecule has 12 nitrogen and oxygen atoms in total. The summed E-state index contributed by atoms with van der Waals surface area (Å²) < 4.78 is 9.76. The van der Waals surface area contributed by atoms with E-state index < -0.39 is 30.4 Å². The van der Waals surface area contributed by atoms with E-state index in [0.717, 1.165) is 32.4 Å². The van der Waals surface area contributed by atoms with Crippen molar-refractivity contribution in [1.82, 2.24) is 34.3 Å². The van der Waals surface area contributed by atoms with Crippen LogP contribution in [-0.4, -0.2) is 95.6 Å². The number of piperidine rings is 1. The molecule has 42 heavy (non-hydrogen) atoms. The highest BCUT2D eigenvalue weighted by molar-refractivity contribution is 5.85. The molecular formula is C30H38N8O4. The number of likely N-dealkylation sites (tertiary alicyclic amines) is 1. The SMILES string of the molecule is O=C(NC1CC1)[C@H]1O[C@@H](n2cnc3c(NCCc4cn(CCN5CCCCC5)c5ccccc45)ncnc32)[C@H](O)[C@@H]1O. The number of hydrogen-bond donors (Lipinski definition) is 4. The van der Waals surface area contributed by atoms with Crippen LogP contribution in [-0.2, 0) is 22.5 Å². The third-order valence-corrected chi connectivity index (χ3v) is 8.72. The summed E-state index contributed by atoms with van der Waals surface area (Å²) in [5.74, 6) is 0.157. The van der Waals surface area contributed by atoms with E-state index in [0.29, 0.717) is 23.5 Å². The summed E-state index contributed by atoms with van der Waals surface area (Å²) in [4.78, 5) is 28.4. The van der Waals surface area contributed by atoms with Gasteiger partial charge in [0.25, 0.3) is 5.91 Å². The van der Waals surface area contributed by atoms with E-state index in [-0.39, 0.29) is 6.04 Å². The fourth-order valence-electron chi connectivity index (χ4n) is 6.24. The minimum atomic E-state index is -1.35. The number of aromatic nitrogens is 5. The normalized spacial score (nSPS) is 24.9. The van der Waals surface area contributed by atoms with Gasteiger partial charge in [-0.2, -0.15) is 0 Å². The third-order valence-electron chi connectivity index (χ3n) is 8.72. The molecule has 0 radical (unpaired) electrons. The fraction of sp³-hybridized carbons (Fsp3) is 0.533.